The van der Waals surface area contributed by atoms with Gasteiger partial charge in [0, 0.05) is 21.2 Å². The molecule has 0 heterocycles. The first-order chi connectivity index (χ1) is 10.7. The molecule has 0 atom stereocenters. The third kappa shape index (κ3) is 5.59. The Bertz CT molecular complexity index is 616. The number of thioether (sulfide) groups is 2. The number of anilines is 1. The zero-order chi connectivity index (χ0) is 15.8. The van der Waals surface area contributed by atoms with Gasteiger partial charge in [-0.1, -0.05) is 23.7 Å². The smallest absolute Gasteiger partial charge is 0.224 e. The van der Waals surface area contributed by atoms with Crippen LogP contribution in [0.5, 0.6) is 0 Å². The lowest BCUT2D eigenvalue weighted by atomic mass is 10.3. The van der Waals surface area contributed by atoms with Crippen LogP contribution in [0, 0.1) is 0 Å². The number of rotatable bonds is 7. The summed E-state index contributed by atoms with van der Waals surface area (Å²) in [6.45, 7) is 0. The van der Waals surface area contributed by atoms with Crippen molar-refractivity contribution in [3.8, 4) is 0 Å². The van der Waals surface area contributed by atoms with Gasteiger partial charge in [-0.05, 0) is 54.8 Å². The second-order valence-corrected chi connectivity index (χ2v) is 7.11. The van der Waals surface area contributed by atoms with Crippen LogP contribution in [0.25, 0.3) is 0 Å². The van der Waals surface area contributed by atoms with Crippen molar-refractivity contribution in [3.05, 3.63) is 53.6 Å². The summed E-state index contributed by atoms with van der Waals surface area (Å²) < 4.78 is 0. The largest absolute Gasteiger partial charge is 0.325 e. The van der Waals surface area contributed by atoms with Crippen LogP contribution in [0.2, 0.25) is 5.02 Å². The van der Waals surface area contributed by atoms with E-state index in [4.69, 9.17) is 11.6 Å². The molecule has 0 unspecified atom stereocenters. The second kappa shape index (κ2) is 9.13. The first-order valence-corrected chi connectivity index (χ1v) is 9.59. The molecule has 116 valence electrons. The van der Waals surface area contributed by atoms with Crippen molar-refractivity contribution in [2.75, 3.05) is 17.3 Å². The Kier molecular flexibility index (Phi) is 7.16. The Hall–Kier alpha value is -1.10. The summed E-state index contributed by atoms with van der Waals surface area (Å²) in [5, 5.41) is 3.73. The minimum absolute atomic E-state index is 0.0678. The highest BCUT2D eigenvalue weighted by Gasteiger charge is 2.06. The molecule has 22 heavy (non-hydrogen) atoms. The minimum Gasteiger partial charge on any atom is -0.325 e. The Morgan fingerprint density at radius 2 is 1.86 bits per heavy atom. The Morgan fingerprint density at radius 3 is 2.59 bits per heavy atom. The maximum absolute atomic E-state index is 12.0. The van der Waals surface area contributed by atoms with Gasteiger partial charge < -0.3 is 5.32 Å². The summed E-state index contributed by atoms with van der Waals surface area (Å²) in [5.74, 6) is 0.984. The van der Waals surface area contributed by atoms with Crippen LogP contribution < -0.4 is 5.32 Å². The van der Waals surface area contributed by atoms with E-state index in [1.54, 1.807) is 23.5 Å². The third-order valence-electron chi connectivity index (χ3n) is 3.01. The summed E-state index contributed by atoms with van der Waals surface area (Å²) in [7, 11) is 0. The van der Waals surface area contributed by atoms with Crippen LogP contribution in [-0.2, 0) is 4.79 Å². The highest BCUT2D eigenvalue weighted by atomic mass is 35.5. The maximum Gasteiger partial charge on any atom is 0.224 e. The van der Waals surface area contributed by atoms with Gasteiger partial charge in [0.15, 0.2) is 0 Å². The number of carbonyl (C=O) groups excluding carboxylic acids is 1. The van der Waals surface area contributed by atoms with E-state index in [0.717, 1.165) is 27.8 Å². The van der Waals surface area contributed by atoms with Crippen molar-refractivity contribution >= 4 is 46.7 Å². The van der Waals surface area contributed by atoms with Crippen molar-refractivity contribution in [2.24, 2.45) is 0 Å². The van der Waals surface area contributed by atoms with Gasteiger partial charge in [-0.15, -0.1) is 23.5 Å². The highest BCUT2D eigenvalue weighted by molar-refractivity contribution is 7.99. The van der Waals surface area contributed by atoms with Crippen LogP contribution in [-0.4, -0.2) is 17.9 Å². The number of nitrogens with one attached hydrogen (secondary N) is 1. The molecule has 0 aliphatic heterocycles. The molecular formula is C17H18ClNOS2. The molecule has 0 bridgehead atoms. The predicted molar refractivity (Wildman–Crippen MR) is 98.3 cm³/mol. The summed E-state index contributed by atoms with van der Waals surface area (Å²) in [6.07, 6.45) is 3.39. The molecule has 0 spiro atoms. The van der Waals surface area contributed by atoms with E-state index in [9.17, 15) is 4.79 Å². The topological polar surface area (TPSA) is 29.1 Å². The number of benzene rings is 2. The lowest BCUT2D eigenvalue weighted by Crippen LogP contribution is -2.12. The average molecular weight is 352 g/mol. The van der Waals surface area contributed by atoms with Gasteiger partial charge in [0.2, 0.25) is 5.91 Å². The summed E-state index contributed by atoms with van der Waals surface area (Å²) in [6, 6.07) is 15.6. The fourth-order valence-electron chi connectivity index (χ4n) is 1.91. The summed E-state index contributed by atoms with van der Waals surface area (Å²) in [4.78, 5) is 14.3. The Balaban J connectivity index is 1.72. The normalized spacial score (nSPS) is 10.5. The van der Waals surface area contributed by atoms with Gasteiger partial charge in [-0.25, -0.2) is 0 Å². The van der Waals surface area contributed by atoms with Crippen LogP contribution >= 0.6 is 35.1 Å². The van der Waals surface area contributed by atoms with Gasteiger partial charge in [-0.3, -0.25) is 4.79 Å². The van der Waals surface area contributed by atoms with E-state index in [1.807, 2.05) is 54.8 Å². The number of amides is 1. The molecule has 2 aromatic rings. The second-order valence-electron chi connectivity index (χ2n) is 4.65. The number of hydrogen-bond acceptors (Lipinski definition) is 3. The van der Waals surface area contributed by atoms with Gasteiger partial charge in [-0.2, -0.15) is 0 Å². The van der Waals surface area contributed by atoms with E-state index in [0.29, 0.717) is 6.42 Å². The molecule has 2 rings (SSSR count). The molecule has 1 amide bonds. The van der Waals surface area contributed by atoms with Gasteiger partial charge >= 0.3 is 0 Å². The van der Waals surface area contributed by atoms with Gasteiger partial charge in [0.25, 0.3) is 0 Å². The molecule has 0 aliphatic carbocycles. The lowest BCUT2D eigenvalue weighted by Gasteiger charge is -2.09. The van der Waals surface area contributed by atoms with Gasteiger partial charge in [0.1, 0.15) is 0 Å². The van der Waals surface area contributed by atoms with Crippen molar-refractivity contribution in [1.82, 2.24) is 0 Å². The Morgan fingerprint density at radius 1 is 1.14 bits per heavy atom. The molecule has 0 saturated carbocycles. The van der Waals surface area contributed by atoms with Crippen molar-refractivity contribution < 1.29 is 4.79 Å². The molecule has 5 heteroatoms. The van der Waals surface area contributed by atoms with Crippen LogP contribution in [0.1, 0.15) is 12.8 Å². The molecule has 0 saturated heterocycles. The van der Waals surface area contributed by atoms with Crippen molar-refractivity contribution in [3.63, 3.8) is 0 Å². The molecule has 0 fully saturated rings. The molecule has 1 N–H and O–H groups in total. The standard InChI is InChI=1S/C17H18ClNOS2/c1-21-16-6-3-2-5-15(16)19-17(20)7-4-12-22-14-10-8-13(18)9-11-14/h2-3,5-6,8-11H,4,7,12H2,1H3,(H,19,20). The van der Waals surface area contributed by atoms with E-state index in [1.165, 1.54) is 4.90 Å². The first kappa shape index (κ1) is 17.3. The van der Waals surface area contributed by atoms with Crippen molar-refractivity contribution in [1.29, 1.82) is 0 Å². The van der Waals surface area contributed by atoms with E-state index < -0.39 is 0 Å². The third-order valence-corrected chi connectivity index (χ3v) is 5.16. The highest BCUT2D eigenvalue weighted by Crippen LogP contribution is 2.25. The van der Waals surface area contributed by atoms with Gasteiger partial charge in [0.05, 0.1) is 5.69 Å². The zero-order valence-corrected chi connectivity index (χ0v) is 14.7. The van der Waals surface area contributed by atoms with Crippen LogP contribution in [0.15, 0.2) is 58.3 Å². The summed E-state index contributed by atoms with van der Waals surface area (Å²) in [5.41, 5.74) is 0.894. The molecule has 2 nitrogen and oxygen atoms in total. The predicted octanol–water partition coefficient (Wildman–Crippen LogP) is 5.57. The SMILES string of the molecule is CSc1ccccc1NC(=O)CCCSc1ccc(Cl)cc1. The number of carbonyl (C=O) groups is 1. The van der Waals surface area contributed by atoms with E-state index in [2.05, 4.69) is 5.32 Å². The minimum atomic E-state index is 0.0678. The summed E-state index contributed by atoms with van der Waals surface area (Å²) >= 11 is 9.23. The lowest BCUT2D eigenvalue weighted by molar-refractivity contribution is -0.116. The number of hydrogen-bond donors (Lipinski definition) is 1. The molecule has 0 aromatic heterocycles. The molecule has 2 aromatic carbocycles. The van der Waals surface area contributed by atoms with Crippen LogP contribution in [0.4, 0.5) is 5.69 Å². The molecule has 0 radical (unpaired) electrons. The monoisotopic (exact) mass is 351 g/mol. The molecule has 0 aliphatic rings. The van der Waals surface area contributed by atoms with E-state index in [-0.39, 0.29) is 5.91 Å². The average Bonchev–Trinajstić information content (AvgIpc) is 2.54. The number of para-hydroxylation sites is 1. The maximum atomic E-state index is 12.0. The fourth-order valence-corrected chi connectivity index (χ4v) is 3.45. The fraction of sp³-hybridized carbons (Fsp3) is 0.235. The Labute approximate surface area is 145 Å². The van der Waals surface area contributed by atoms with Crippen LogP contribution in [0.3, 0.4) is 0 Å². The van der Waals surface area contributed by atoms with E-state index >= 15 is 0 Å². The zero-order valence-electron chi connectivity index (χ0n) is 12.3. The number of halogens is 1. The molecular weight excluding hydrogens is 334 g/mol. The van der Waals surface area contributed by atoms with Crippen molar-refractivity contribution in [2.45, 2.75) is 22.6 Å². The first-order valence-electron chi connectivity index (χ1n) is 7.00. The quantitative estimate of drug-likeness (QED) is 0.522.